The lowest BCUT2D eigenvalue weighted by atomic mass is 9.83. The highest BCUT2D eigenvalue weighted by atomic mass is 16.5. The van der Waals surface area contributed by atoms with E-state index >= 15 is 0 Å². The molecule has 1 aliphatic heterocycles. The van der Waals surface area contributed by atoms with Crippen LogP contribution in [0.3, 0.4) is 0 Å². The highest BCUT2D eigenvalue weighted by Crippen LogP contribution is 2.27. The second kappa shape index (κ2) is 6.08. The maximum absolute atomic E-state index is 10.7. The van der Waals surface area contributed by atoms with Gasteiger partial charge < -0.3 is 14.7 Å². The van der Waals surface area contributed by atoms with Gasteiger partial charge in [-0.2, -0.15) is 0 Å². The van der Waals surface area contributed by atoms with E-state index in [1.54, 1.807) is 7.11 Å². The molecule has 88 valence electrons. The molecule has 15 heavy (non-hydrogen) atoms. The van der Waals surface area contributed by atoms with Crippen LogP contribution in [0.4, 0.5) is 0 Å². The molecule has 1 unspecified atom stereocenters. The van der Waals surface area contributed by atoms with Gasteiger partial charge in [0, 0.05) is 13.7 Å². The van der Waals surface area contributed by atoms with Gasteiger partial charge in [-0.1, -0.05) is 0 Å². The van der Waals surface area contributed by atoms with Gasteiger partial charge in [0.05, 0.1) is 6.42 Å². The lowest BCUT2D eigenvalue weighted by Crippen LogP contribution is -2.35. The number of hydrogen-bond donors (Lipinski definition) is 1. The zero-order valence-electron chi connectivity index (χ0n) is 9.61. The van der Waals surface area contributed by atoms with E-state index in [4.69, 9.17) is 9.84 Å². The molecule has 1 rings (SSSR count). The fourth-order valence-electron chi connectivity index (χ4n) is 2.30. The second-order valence-electron chi connectivity index (χ2n) is 4.45. The van der Waals surface area contributed by atoms with Gasteiger partial charge in [-0.15, -0.1) is 0 Å². The molecule has 1 atom stereocenters. The highest BCUT2D eigenvalue weighted by Gasteiger charge is 2.26. The largest absolute Gasteiger partial charge is 0.481 e. The summed E-state index contributed by atoms with van der Waals surface area (Å²) in [7, 11) is 3.75. The average Bonchev–Trinajstić information content (AvgIpc) is 2.17. The van der Waals surface area contributed by atoms with E-state index in [0.717, 1.165) is 25.9 Å². The summed E-state index contributed by atoms with van der Waals surface area (Å²) in [5.74, 6) is -0.0190. The van der Waals surface area contributed by atoms with Gasteiger partial charge in [-0.05, 0) is 44.8 Å². The average molecular weight is 215 g/mol. The lowest BCUT2D eigenvalue weighted by Gasteiger charge is -2.33. The van der Waals surface area contributed by atoms with Crippen LogP contribution < -0.4 is 0 Å². The van der Waals surface area contributed by atoms with Gasteiger partial charge in [-0.25, -0.2) is 0 Å². The van der Waals surface area contributed by atoms with Crippen LogP contribution in [-0.4, -0.2) is 49.8 Å². The van der Waals surface area contributed by atoms with Gasteiger partial charge in [0.15, 0.2) is 0 Å². The van der Waals surface area contributed by atoms with Crippen LogP contribution in [0.5, 0.6) is 0 Å². The molecule has 1 aliphatic rings. The maximum Gasteiger partial charge on any atom is 0.303 e. The lowest BCUT2D eigenvalue weighted by molar-refractivity contribution is -0.139. The molecule has 0 amide bonds. The summed E-state index contributed by atoms with van der Waals surface area (Å²) < 4.78 is 5.11. The molecule has 0 radical (unpaired) electrons. The van der Waals surface area contributed by atoms with Crippen LogP contribution >= 0.6 is 0 Å². The quantitative estimate of drug-likeness (QED) is 0.745. The Bertz CT molecular complexity index is 200. The topological polar surface area (TPSA) is 49.8 Å². The number of nitrogens with zero attached hydrogens (tertiary/aromatic N) is 1. The van der Waals surface area contributed by atoms with Crippen molar-refractivity contribution in [1.82, 2.24) is 4.90 Å². The first-order valence-electron chi connectivity index (χ1n) is 5.52. The second-order valence-corrected chi connectivity index (χ2v) is 4.45. The number of ether oxygens (including phenoxy) is 1. The first-order valence-corrected chi connectivity index (χ1v) is 5.52. The number of methoxy groups -OCH3 is 1. The molecular formula is C11H21NO3. The van der Waals surface area contributed by atoms with E-state index in [-0.39, 0.29) is 12.3 Å². The van der Waals surface area contributed by atoms with E-state index in [0.29, 0.717) is 12.5 Å². The number of aliphatic carboxylic acids is 1. The first-order chi connectivity index (χ1) is 7.13. The van der Waals surface area contributed by atoms with Crippen molar-refractivity contribution < 1.29 is 14.6 Å². The van der Waals surface area contributed by atoms with Gasteiger partial charge in [0.2, 0.25) is 0 Å². The summed E-state index contributed by atoms with van der Waals surface area (Å²) in [5, 5.41) is 8.83. The van der Waals surface area contributed by atoms with Crippen LogP contribution in [0.25, 0.3) is 0 Å². The summed E-state index contributed by atoms with van der Waals surface area (Å²) in [5.41, 5.74) is 0. The monoisotopic (exact) mass is 215 g/mol. The fourth-order valence-corrected chi connectivity index (χ4v) is 2.30. The van der Waals surface area contributed by atoms with Crippen LogP contribution in [0.1, 0.15) is 19.3 Å². The molecule has 0 bridgehead atoms. The number of piperidine rings is 1. The van der Waals surface area contributed by atoms with Crippen molar-refractivity contribution in [3.05, 3.63) is 0 Å². The zero-order valence-corrected chi connectivity index (χ0v) is 9.61. The van der Waals surface area contributed by atoms with Crippen molar-refractivity contribution in [3.8, 4) is 0 Å². The molecule has 1 saturated heterocycles. The van der Waals surface area contributed by atoms with Crippen molar-refractivity contribution in [1.29, 1.82) is 0 Å². The SMILES string of the molecule is COCC(CC(=O)O)C1CCN(C)CC1. The molecule has 0 spiro atoms. The highest BCUT2D eigenvalue weighted by molar-refractivity contribution is 5.67. The van der Waals surface area contributed by atoms with E-state index in [9.17, 15) is 4.79 Å². The summed E-state index contributed by atoms with van der Waals surface area (Å²) in [6.45, 7) is 2.72. The van der Waals surface area contributed by atoms with E-state index in [2.05, 4.69) is 11.9 Å². The normalized spacial score (nSPS) is 21.5. The summed E-state index contributed by atoms with van der Waals surface area (Å²) in [6, 6.07) is 0. The molecule has 1 N–H and O–H groups in total. The van der Waals surface area contributed by atoms with E-state index in [1.165, 1.54) is 0 Å². The summed E-state index contributed by atoms with van der Waals surface area (Å²) in [6.07, 6.45) is 2.43. The Morgan fingerprint density at radius 1 is 1.53 bits per heavy atom. The number of likely N-dealkylation sites (tertiary alicyclic amines) is 1. The third kappa shape index (κ3) is 4.18. The maximum atomic E-state index is 10.7. The Hall–Kier alpha value is -0.610. The zero-order chi connectivity index (χ0) is 11.3. The Balaban J connectivity index is 2.44. The third-order valence-electron chi connectivity index (χ3n) is 3.25. The van der Waals surface area contributed by atoms with Gasteiger partial charge in [0.25, 0.3) is 0 Å². The third-order valence-corrected chi connectivity index (χ3v) is 3.25. The minimum absolute atomic E-state index is 0.182. The molecule has 1 heterocycles. The number of carbonyl (C=O) groups is 1. The molecule has 0 aromatic rings. The van der Waals surface area contributed by atoms with E-state index in [1.807, 2.05) is 0 Å². The van der Waals surface area contributed by atoms with Crippen LogP contribution in [-0.2, 0) is 9.53 Å². The van der Waals surface area contributed by atoms with Crippen molar-refractivity contribution in [3.63, 3.8) is 0 Å². The van der Waals surface area contributed by atoms with Gasteiger partial charge in [0.1, 0.15) is 0 Å². The summed E-state index contributed by atoms with van der Waals surface area (Å²) >= 11 is 0. The van der Waals surface area contributed by atoms with E-state index < -0.39 is 5.97 Å². The smallest absolute Gasteiger partial charge is 0.303 e. The number of hydrogen-bond acceptors (Lipinski definition) is 3. The molecule has 0 aliphatic carbocycles. The molecule has 0 aromatic carbocycles. The molecule has 1 fully saturated rings. The Morgan fingerprint density at radius 3 is 2.60 bits per heavy atom. The van der Waals surface area contributed by atoms with Crippen molar-refractivity contribution >= 4 is 5.97 Å². The molecule has 4 heteroatoms. The Labute approximate surface area is 91.2 Å². The van der Waals surface area contributed by atoms with Crippen LogP contribution in [0, 0.1) is 11.8 Å². The van der Waals surface area contributed by atoms with Gasteiger partial charge >= 0.3 is 5.97 Å². The predicted molar refractivity (Wildman–Crippen MR) is 57.8 cm³/mol. The van der Waals surface area contributed by atoms with Crippen molar-refractivity contribution in [2.45, 2.75) is 19.3 Å². The standard InChI is InChI=1S/C11H21NO3/c1-12-5-3-9(4-6-12)10(8-15-2)7-11(13)14/h9-10H,3-8H2,1-2H3,(H,13,14). The molecule has 4 nitrogen and oxygen atoms in total. The number of carboxylic acid groups (broad SMARTS) is 1. The van der Waals surface area contributed by atoms with Crippen LogP contribution in [0.2, 0.25) is 0 Å². The van der Waals surface area contributed by atoms with Crippen molar-refractivity contribution in [2.24, 2.45) is 11.8 Å². The van der Waals surface area contributed by atoms with Gasteiger partial charge in [-0.3, -0.25) is 4.79 Å². The number of rotatable bonds is 5. The predicted octanol–water partition coefficient (Wildman–Crippen LogP) is 1.07. The fraction of sp³-hybridized carbons (Fsp3) is 0.909. The minimum Gasteiger partial charge on any atom is -0.481 e. The van der Waals surface area contributed by atoms with Crippen LogP contribution in [0.15, 0.2) is 0 Å². The minimum atomic E-state index is -0.712. The molecular weight excluding hydrogens is 194 g/mol. The Kier molecular flexibility index (Phi) is 5.05. The molecule has 0 saturated carbocycles. The van der Waals surface area contributed by atoms with Crippen molar-refractivity contribution in [2.75, 3.05) is 33.9 Å². The Morgan fingerprint density at radius 2 is 2.13 bits per heavy atom. The summed E-state index contributed by atoms with van der Waals surface area (Å²) in [4.78, 5) is 13.0. The molecule has 0 aromatic heterocycles. The first kappa shape index (κ1) is 12.5. The number of carboxylic acids is 1.